The summed E-state index contributed by atoms with van der Waals surface area (Å²) in [6.45, 7) is 1.83. The second-order valence-corrected chi connectivity index (χ2v) is 9.05. The number of aromatic nitrogens is 2. The van der Waals surface area contributed by atoms with Crippen LogP contribution in [0.1, 0.15) is 25.0 Å². The molecule has 0 fully saturated rings. The van der Waals surface area contributed by atoms with Crippen molar-refractivity contribution >= 4 is 34.5 Å². The molecular formula is C27H26FN3O4S. The van der Waals surface area contributed by atoms with Crippen molar-refractivity contribution in [2.75, 3.05) is 13.4 Å². The van der Waals surface area contributed by atoms with Crippen LogP contribution in [0.5, 0.6) is 5.75 Å². The summed E-state index contributed by atoms with van der Waals surface area (Å²) in [6.07, 6.45) is 2.83. The molecule has 3 aromatic carbocycles. The van der Waals surface area contributed by atoms with E-state index in [1.54, 1.807) is 34.8 Å². The molecule has 0 saturated carbocycles. The van der Waals surface area contributed by atoms with Crippen LogP contribution in [0.15, 0.2) is 77.8 Å². The number of rotatable bonds is 9. The predicted octanol–water partition coefficient (Wildman–Crippen LogP) is 5.07. The number of nitrogens with zero attached hydrogens (tertiary/aromatic N) is 2. The summed E-state index contributed by atoms with van der Waals surface area (Å²) in [7, 11) is 1.24. The first-order valence-electron chi connectivity index (χ1n) is 11.3. The fraction of sp³-hybridized carbons (Fsp3) is 0.222. The van der Waals surface area contributed by atoms with Gasteiger partial charge in [-0.05, 0) is 73.3 Å². The van der Waals surface area contributed by atoms with Crippen LogP contribution in [0.3, 0.4) is 0 Å². The number of fused-ring (bicyclic) bond motifs is 1. The Balaban J connectivity index is 1.60. The lowest BCUT2D eigenvalue weighted by Crippen LogP contribution is -2.40. The molecule has 9 heteroatoms. The predicted molar refractivity (Wildman–Crippen MR) is 137 cm³/mol. The zero-order valence-corrected chi connectivity index (χ0v) is 20.9. The molecule has 186 valence electrons. The van der Waals surface area contributed by atoms with E-state index >= 15 is 0 Å². The maximum absolute atomic E-state index is 13.3. The van der Waals surface area contributed by atoms with Crippen LogP contribution >= 0.6 is 11.8 Å². The number of methoxy groups -OCH3 is 1. The van der Waals surface area contributed by atoms with E-state index in [-0.39, 0.29) is 12.2 Å². The molecule has 0 bridgehead atoms. The van der Waals surface area contributed by atoms with Crippen LogP contribution in [-0.2, 0) is 14.3 Å². The molecule has 1 aromatic heterocycles. The van der Waals surface area contributed by atoms with Crippen LogP contribution < -0.4 is 10.1 Å². The van der Waals surface area contributed by atoms with Gasteiger partial charge in [0.1, 0.15) is 24.1 Å². The number of hydrogen-bond donors (Lipinski definition) is 1. The second kappa shape index (κ2) is 11.3. The molecule has 0 aliphatic carbocycles. The molecule has 0 spiro atoms. The maximum Gasteiger partial charge on any atom is 0.315 e. The first-order chi connectivity index (χ1) is 17.4. The summed E-state index contributed by atoms with van der Waals surface area (Å²) in [5, 5.41) is 8.12. The van der Waals surface area contributed by atoms with Crippen LogP contribution in [-0.4, -0.2) is 41.1 Å². The Morgan fingerprint density at radius 2 is 1.81 bits per heavy atom. The van der Waals surface area contributed by atoms with E-state index < -0.39 is 24.0 Å². The number of carbonyl (C=O) groups is 2. The Morgan fingerprint density at radius 3 is 2.47 bits per heavy atom. The van der Waals surface area contributed by atoms with E-state index in [9.17, 15) is 14.0 Å². The number of carbonyl (C=O) groups excluding carboxylic acids is 2. The number of amides is 1. The molecule has 0 unspecified atom stereocenters. The molecule has 0 aliphatic heterocycles. The topological polar surface area (TPSA) is 82.5 Å². The SMILES string of the molecule is COC(=O)CC(=O)N[C@@H](C)[C@H](Oc1ccc2c(cnn2-c2ccc(F)cc2)c1)c1ccc(SC)cc1. The van der Waals surface area contributed by atoms with Crippen LogP contribution in [0.25, 0.3) is 16.6 Å². The molecule has 36 heavy (non-hydrogen) atoms. The molecule has 0 saturated heterocycles. The van der Waals surface area contributed by atoms with Crippen molar-refractivity contribution in [3.63, 3.8) is 0 Å². The molecule has 0 aliphatic rings. The van der Waals surface area contributed by atoms with E-state index in [1.807, 2.05) is 55.6 Å². The van der Waals surface area contributed by atoms with Crippen molar-refractivity contribution in [1.82, 2.24) is 15.1 Å². The molecular weight excluding hydrogens is 481 g/mol. The quantitative estimate of drug-likeness (QED) is 0.193. The fourth-order valence-electron chi connectivity index (χ4n) is 3.86. The third-order valence-corrected chi connectivity index (χ3v) is 6.44. The number of nitrogens with one attached hydrogen (secondary N) is 1. The van der Waals surface area contributed by atoms with Crippen LogP contribution in [0.4, 0.5) is 4.39 Å². The third kappa shape index (κ3) is 5.85. The highest BCUT2D eigenvalue weighted by atomic mass is 32.2. The normalized spacial score (nSPS) is 12.7. The molecule has 1 heterocycles. The van der Waals surface area contributed by atoms with Crippen molar-refractivity contribution in [3.8, 4) is 11.4 Å². The van der Waals surface area contributed by atoms with Gasteiger partial charge in [0.2, 0.25) is 5.91 Å². The van der Waals surface area contributed by atoms with E-state index in [0.29, 0.717) is 5.75 Å². The molecule has 0 radical (unpaired) electrons. The lowest BCUT2D eigenvalue weighted by molar-refractivity contribution is -0.144. The Hall–Kier alpha value is -3.85. The van der Waals surface area contributed by atoms with Gasteiger partial charge in [0.05, 0.1) is 30.6 Å². The highest BCUT2D eigenvalue weighted by Gasteiger charge is 2.24. The van der Waals surface area contributed by atoms with Crippen molar-refractivity contribution in [2.45, 2.75) is 30.4 Å². The highest BCUT2D eigenvalue weighted by Crippen LogP contribution is 2.30. The van der Waals surface area contributed by atoms with Crippen molar-refractivity contribution in [1.29, 1.82) is 0 Å². The van der Waals surface area contributed by atoms with Gasteiger partial charge in [-0.2, -0.15) is 5.10 Å². The smallest absolute Gasteiger partial charge is 0.315 e. The Bertz CT molecular complexity index is 1360. The van der Waals surface area contributed by atoms with Gasteiger partial charge in [-0.3, -0.25) is 9.59 Å². The first kappa shape index (κ1) is 25.2. The fourth-order valence-corrected chi connectivity index (χ4v) is 4.26. The summed E-state index contributed by atoms with van der Waals surface area (Å²) >= 11 is 1.63. The summed E-state index contributed by atoms with van der Waals surface area (Å²) < 4.78 is 26.0. The van der Waals surface area contributed by atoms with Gasteiger partial charge >= 0.3 is 5.97 Å². The van der Waals surface area contributed by atoms with Gasteiger partial charge in [0.25, 0.3) is 0 Å². The monoisotopic (exact) mass is 507 g/mol. The lowest BCUT2D eigenvalue weighted by atomic mass is 10.0. The summed E-state index contributed by atoms with van der Waals surface area (Å²) in [5.74, 6) is -0.769. The number of thioether (sulfide) groups is 1. The maximum atomic E-state index is 13.3. The van der Waals surface area contributed by atoms with Gasteiger partial charge in [-0.1, -0.05) is 12.1 Å². The van der Waals surface area contributed by atoms with E-state index in [1.165, 1.54) is 19.2 Å². The van der Waals surface area contributed by atoms with E-state index in [2.05, 4.69) is 15.2 Å². The van der Waals surface area contributed by atoms with E-state index in [0.717, 1.165) is 27.0 Å². The van der Waals surface area contributed by atoms with Crippen LogP contribution in [0, 0.1) is 5.82 Å². The number of halogens is 1. The third-order valence-electron chi connectivity index (χ3n) is 5.69. The minimum atomic E-state index is -0.606. The van der Waals surface area contributed by atoms with Crippen LogP contribution in [0.2, 0.25) is 0 Å². The van der Waals surface area contributed by atoms with Crippen molar-refractivity contribution in [3.05, 3.63) is 84.3 Å². The van der Waals surface area contributed by atoms with Crippen molar-refractivity contribution < 1.29 is 23.5 Å². The second-order valence-electron chi connectivity index (χ2n) is 8.17. The highest BCUT2D eigenvalue weighted by molar-refractivity contribution is 7.98. The van der Waals surface area contributed by atoms with Gasteiger partial charge in [-0.15, -0.1) is 11.8 Å². The molecule has 1 amide bonds. The zero-order valence-electron chi connectivity index (χ0n) is 20.1. The van der Waals surface area contributed by atoms with Gasteiger partial charge < -0.3 is 14.8 Å². The number of esters is 1. The van der Waals surface area contributed by atoms with Gasteiger partial charge in [0.15, 0.2) is 0 Å². The molecule has 4 rings (SSSR count). The minimum Gasteiger partial charge on any atom is -0.484 e. The van der Waals surface area contributed by atoms with Crippen molar-refractivity contribution in [2.24, 2.45) is 0 Å². The summed E-state index contributed by atoms with van der Waals surface area (Å²) in [5.41, 5.74) is 2.46. The number of benzene rings is 3. The Kier molecular flexibility index (Phi) is 7.90. The van der Waals surface area contributed by atoms with Gasteiger partial charge in [-0.25, -0.2) is 9.07 Å². The largest absolute Gasteiger partial charge is 0.484 e. The number of hydrogen-bond acceptors (Lipinski definition) is 6. The first-order valence-corrected chi connectivity index (χ1v) is 12.5. The molecule has 7 nitrogen and oxygen atoms in total. The average Bonchev–Trinajstić information content (AvgIpc) is 3.31. The summed E-state index contributed by atoms with van der Waals surface area (Å²) in [6, 6.07) is 19.2. The molecule has 2 atom stereocenters. The zero-order chi connectivity index (χ0) is 25.7. The summed E-state index contributed by atoms with van der Waals surface area (Å²) in [4.78, 5) is 25.0. The van der Waals surface area contributed by atoms with Gasteiger partial charge in [0, 0.05) is 10.3 Å². The Morgan fingerprint density at radius 1 is 1.08 bits per heavy atom. The molecule has 4 aromatic rings. The average molecular weight is 508 g/mol. The molecule has 1 N–H and O–H groups in total. The minimum absolute atomic E-state index is 0.310. The Labute approximate surface area is 212 Å². The lowest BCUT2D eigenvalue weighted by Gasteiger charge is -2.26. The number of ether oxygens (including phenoxy) is 2. The van der Waals surface area contributed by atoms with E-state index in [4.69, 9.17) is 4.74 Å². The standard InChI is InChI=1S/C27H26FN3O4S/c1-17(30-25(32)15-26(33)34-2)27(18-4-11-23(36-3)12-5-18)35-22-10-13-24-19(14-22)16-29-31(24)21-8-6-20(28)7-9-21/h4-14,16-17,27H,15H2,1-3H3,(H,30,32)/t17-,27-/m0/s1.